The van der Waals surface area contributed by atoms with Gasteiger partial charge in [-0.25, -0.2) is 0 Å². The van der Waals surface area contributed by atoms with E-state index in [9.17, 15) is 0 Å². The van der Waals surface area contributed by atoms with Crippen molar-refractivity contribution in [3.8, 4) is 0 Å². The molecule has 0 aromatic heterocycles. The number of hydrogen-bond acceptors (Lipinski definition) is 1. The quantitative estimate of drug-likeness (QED) is 0.355. The van der Waals surface area contributed by atoms with Crippen LogP contribution in [0.2, 0.25) is 0 Å². The molecule has 0 saturated heterocycles. The molecule has 0 aliphatic heterocycles. The van der Waals surface area contributed by atoms with Crippen molar-refractivity contribution in [1.29, 1.82) is 0 Å². The summed E-state index contributed by atoms with van der Waals surface area (Å²) >= 11 is 0. The van der Waals surface area contributed by atoms with Gasteiger partial charge in [0.25, 0.3) is 0 Å². The molecule has 0 aliphatic carbocycles. The van der Waals surface area contributed by atoms with Crippen molar-refractivity contribution in [2.45, 2.75) is 13.1 Å². The molecule has 0 fully saturated rings. The Morgan fingerprint density at radius 1 is 0.393 bits per heavy atom. The summed E-state index contributed by atoms with van der Waals surface area (Å²) in [6, 6.07) is 43.3. The van der Waals surface area contributed by atoms with Gasteiger partial charge in [0.15, 0.2) is 0 Å². The molecule has 0 unspecified atom stereocenters. The number of benzene rings is 4. The molecule has 4 aromatic carbocycles. The zero-order valence-corrected chi connectivity index (χ0v) is 15.9. The van der Waals surface area contributed by atoms with Crippen molar-refractivity contribution >= 4 is 11.4 Å². The standard InChI is InChI=1S/C26H24N.H2O/c1-5-13-23(14-6-1)21-27(25-17-9-3-10-18-25,26-19-11-4-12-20-26)22-24-15-7-2-8-16-24;/h1-20H,21-22H2;1H2/q+1;/p-1. The monoisotopic (exact) mass is 367 g/mol. The average molecular weight is 367 g/mol. The average Bonchev–Trinajstić information content (AvgIpc) is 2.76. The van der Waals surface area contributed by atoms with Crippen molar-refractivity contribution < 1.29 is 5.48 Å². The lowest BCUT2D eigenvalue weighted by Crippen LogP contribution is -2.42. The maximum atomic E-state index is 2.25. The van der Waals surface area contributed by atoms with E-state index >= 15 is 0 Å². The van der Waals surface area contributed by atoms with Gasteiger partial charge in [-0.3, -0.25) is 4.48 Å². The third kappa shape index (κ3) is 4.20. The van der Waals surface area contributed by atoms with Crippen LogP contribution in [0, 0.1) is 0 Å². The maximum absolute atomic E-state index is 2.25. The zero-order chi connectivity index (χ0) is 18.4. The Morgan fingerprint density at radius 3 is 1.00 bits per heavy atom. The molecule has 140 valence electrons. The fraction of sp³-hybridized carbons (Fsp3) is 0.0769. The molecule has 0 saturated carbocycles. The molecule has 2 nitrogen and oxygen atoms in total. The van der Waals surface area contributed by atoms with Crippen LogP contribution in [0.3, 0.4) is 0 Å². The Kier molecular flexibility index (Phi) is 6.38. The fourth-order valence-corrected chi connectivity index (χ4v) is 3.79. The van der Waals surface area contributed by atoms with Crippen molar-refractivity contribution in [1.82, 2.24) is 4.48 Å². The number of hydrogen-bond donors (Lipinski definition) is 0. The number of para-hydroxylation sites is 2. The highest BCUT2D eigenvalue weighted by atomic mass is 16.0. The second-order valence-electron chi connectivity index (χ2n) is 6.93. The summed E-state index contributed by atoms with van der Waals surface area (Å²) in [7, 11) is 0. The van der Waals surface area contributed by atoms with Gasteiger partial charge < -0.3 is 5.48 Å². The van der Waals surface area contributed by atoms with E-state index in [1.54, 1.807) is 0 Å². The first-order valence-corrected chi connectivity index (χ1v) is 9.43. The summed E-state index contributed by atoms with van der Waals surface area (Å²) in [4.78, 5) is 0. The second-order valence-corrected chi connectivity index (χ2v) is 6.93. The highest BCUT2D eigenvalue weighted by Crippen LogP contribution is 2.38. The Morgan fingerprint density at radius 2 is 0.679 bits per heavy atom. The van der Waals surface area contributed by atoms with Crippen LogP contribution < -0.4 is 4.48 Å². The van der Waals surface area contributed by atoms with E-state index in [-0.39, 0.29) is 5.48 Å². The Hall–Kier alpha value is -3.20. The van der Waals surface area contributed by atoms with Gasteiger partial charge in [0.1, 0.15) is 24.5 Å². The van der Waals surface area contributed by atoms with E-state index in [4.69, 9.17) is 0 Å². The molecule has 0 aliphatic rings. The molecule has 0 heterocycles. The minimum Gasteiger partial charge on any atom is -0.870 e. The fourth-order valence-electron chi connectivity index (χ4n) is 3.79. The van der Waals surface area contributed by atoms with Gasteiger partial charge in [0.05, 0.1) is 0 Å². The summed E-state index contributed by atoms with van der Waals surface area (Å²) in [5, 5.41) is 0. The summed E-state index contributed by atoms with van der Waals surface area (Å²) in [6.45, 7) is 1.81. The number of rotatable bonds is 6. The maximum Gasteiger partial charge on any atom is 0.138 e. The van der Waals surface area contributed by atoms with Gasteiger partial charge in [-0.05, 0) is 24.3 Å². The predicted octanol–water partition coefficient (Wildman–Crippen LogP) is 6.55. The number of quaternary nitrogens is 1. The largest absolute Gasteiger partial charge is 0.870 e. The Bertz CT molecular complexity index is 871. The first kappa shape index (κ1) is 19.6. The third-order valence-electron chi connectivity index (χ3n) is 5.09. The normalized spacial score (nSPS) is 10.9. The molecular weight excluding hydrogens is 342 g/mol. The lowest BCUT2D eigenvalue weighted by molar-refractivity contribution is 0.367. The van der Waals surface area contributed by atoms with Crippen molar-refractivity contribution in [2.75, 3.05) is 0 Å². The molecule has 0 amide bonds. The lowest BCUT2D eigenvalue weighted by Gasteiger charge is -2.38. The van der Waals surface area contributed by atoms with Crippen LogP contribution in [0.15, 0.2) is 121 Å². The van der Waals surface area contributed by atoms with Crippen molar-refractivity contribution in [2.24, 2.45) is 0 Å². The first-order valence-electron chi connectivity index (χ1n) is 9.43. The van der Waals surface area contributed by atoms with E-state index in [2.05, 4.69) is 121 Å². The van der Waals surface area contributed by atoms with Gasteiger partial charge in [-0.15, -0.1) is 0 Å². The molecule has 0 bridgehead atoms. The SMILES string of the molecule is [OH-].c1ccc(C[N+](Cc2ccccc2)(c2ccccc2)c2ccccc2)cc1. The molecule has 28 heavy (non-hydrogen) atoms. The van der Waals surface area contributed by atoms with E-state index in [1.165, 1.54) is 22.5 Å². The van der Waals surface area contributed by atoms with Crippen LogP contribution >= 0.6 is 0 Å². The van der Waals surface area contributed by atoms with Gasteiger partial charge in [-0.1, -0.05) is 97.1 Å². The minimum absolute atomic E-state index is 0. The molecule has 4 rings (SSSR count). The van der Waals surface area contributed by atoms with Crippen LogP contribution in [0.5, 0.6) is 0 Å². The molecule has 4 aromatic rings. The van der Waals surface area contributed by atoms with Crippen molar-refractivity contribution in [3.63, 3.8) is 0 Å². The third-order valence-corrected chi connectivity index (χ3v) is 5.09. The van der Waals surface area contributed by atoms with E-state index in [1.807, 2.05) is 0 Å². The van der Waals surface area contributed by atoms with Crippen LogP contribution in [0.25, 0.3) is 0 Å². The topological polar surface area (TPSA) is 30.0 Å². The van der Waals surface area contributed by atoms with Crippen LogP contribution in [0.4, 0.5) is 11.4 Å². The van der Waals surface area contributed by atoms with Gasteiger partial charge in [0, 0.05) is 11.1 Å². The number of nitrogens with zero attached hydrogens (tertiary/aromatic N) is 1. The first-order chi connectivity index (χ1) is 13.4. The van der Waals surface area contributed by atoms with Crippen LogP contribution in [-0.4, -0.2) is 5.48 Å². The van der Waals surface area contributed by atoms with Crippen LogP contribution in [0.1, 0.15) is 11.1 Å². The summed E-state index contributed by atoms with van der Waals surface area (Å²) in [5.74, 6) is 0. The van der Waals surface area contributed by atoms with Gasteiger partial charge in [0.2, 0.25) is 0 Å². The van der Waals surface area contributed by atoms with Crippen LogP contribution in [-0.2, 0) is 13.1 Å². The van der Waals surface area contributed by atoms with E-state index in [0.717, 1.165) is 17.6 Å². The van der Waals surface area contributed by atoms with Gasteiger partial charge >= 0.3 is 0 Å². The zero-order valence-electron chi connectivity index (χ0n) is 15.9. The minimum atomic E-state index is 0. The lowest BCUT2D eigenvalue weighted by atomic mass is 10.1. The molecule has 0 spiro atoms. The molecule has 0 radical (unpaired) electrons. The highest BCUT2D eigenvalue weighted by Gasteiger charge is 2.34. The molecule has 2 heteroatoms. The Balaban J connectivity index is 0.00000225. The van der Waals surface area contributed by atoms with E-state index < -0.39 is 0 Å². The van der Waals surface area contributed by atoms with Gasteiger partial charge in [-0.2, -0.15) is 0 Å². The molecular formula is C26H25NO. The summed E-state index contributed by atoms with van der Waals surface area (Å²) in [6.07, 6.45) is 0. The molecule has 0 atom stereocenters. The smallest absolute Gasteiger partial charge is 0.138 e. The predicted molar refractivity (Wildman–Crippen MR) is 117 cm³/mol. The second kappa shape index (κ2) is 9.14. The summed E-state index contributed by atoms with van der Waals surface area (Å²) in [5.41, 5.74) is 5.27. The highest BCUT2D eigenvalue weighted by molar-refractivity contribution is 5.59. The molecule has 1 N–H and O–H groups in total. The Labute approximate surface area is 167 Å². The van der Waals surface area contributed by atoms with E-state index in [0.29, 0.717) is 0 Å². The van der Waals surface area contributed by atoms with Crippen molar-refractivity contribution in [3.05, 3.63) is 132 Å². The summed E-state index contributed by atoms with van der Waals surface area (Å²) < 4.78 is 0.760.